The number of esters is 2. The smallest absolute Gasteiger partial charge is 0.362 e. The predicted octanol–water partition coefficient (Wildman–Crippen LogP) is 12.0. The van der Waals surface area contributed by atoms with Crippen molar-refractivity contribution in [2.75, 3.05) is 41.0 Å². The van der Waals surface area contributed by atoms with Gasteiger partial charge in [0.1, 0.15) is 6.61 Å². The van der Waals surface area contributed by atoms with Crippen LogP contribution in [0.2, 0.25) is 0 Å². The molecule has 0 radical (unpaired) electrons. The molecule has 1 N–H and O–H groups in total. The molecule has 0 aromatic heterocycles. The molecule has 0 heterocycles. The average molecular weight is 785 g/mol. The largest absolute Gasteiger partial charge is 0.477 e. The van der Waals surface area contributed by atoms with Gasteiger partial charge in [0.2, 0.25) is 0 Å². The van der Waals surface area contributed by atoms with E-state index in [1.54, 1.807) is 0 Å². The Balaban J connectivity index is 4.44. The Morgan fingerprint density at radius 1 is 0.571 bits per heavy atom. The van der Waals surface area contributed by atoms with Crippen LogP contribution < -0.4 is 0 Å². The van der Waals surface area contributed by atoms with Gasteiger partial charge in [-0.2, -0.15) is 0 Å². The highest BCUT2D eigenvalue weighted by atomic mass is 16.6. The molecule has 0 saturated heterocycles. The van der Waals surface area contributed by atoms with Crippen LogP contribution in [-0.2, 0) is 28.6 Å². The molecule has 2 atom stereocenters. The van der Waals surface area contributed by atoms with Crippen molar-refractivity contribution >= 4 is 17.9 Å². The Hall–Kier alpha value is -3.23. The number of likely N-dealkylation sites (N-methyl/N-ethyl adjacent to an activating group) is 1. The molecule has 8 heteroatoms. The third-order valence-corrected chi connectivity index (χ3v) is 9.40. The number of ether oxygens (including phenoxy) is 3. The van der Waals surface area contributed by atoms with E-state index in [1.165, 1.54) is 32.1 Å². The minimum atomic E-state index is -0.885. The zero-order valence-electron chi connectivity index (χ0n) is 36.3. The third-order valence-electron chi connectivity index (χ3n) is 9.40. The summed E-state index contributed by atoms with van der Waals surface area (Å²) in [4.78, 5) is 37.0. The summed E-state index contributed by atoms with van der Waals surface area (Å²) >= 11 is 0. The summed E-state index contributed by atoms with van der Waals surface area (Å²) in [5.74, 6) is -1.53. The maximum absolute atomic E-state index is 12.7. The quantitative estimate of drug-likeness (QED) is 0.0219. The highest BCUT2D eigenvalue weighted by Gasteiger charge is 2.31. The van der Waals surface area contributed by atoms with Gasteiger partial charge in [0.15, 0.2) is 12.1 Å². The molecule has 0 amide bonds. The molecular weight excluding hydrogens is 703 g/mol. The second kappa shape index (κ2) is 38.6. The van der Waals surface area contributed by atoms with E-state index in [0.717, 1.165) is 96.3 Å². The molecule has 0 fully saturated rings. The van der Waals surface area contributed by atoms with Crippen molar-refractivity contribution in [2.45, 2.75) is 174 Å². The number of allylic oxidation sites excluding steroid dienone is 12. The number of carboxylic acids is 1. The van der Waals surface area contributed by atoms with E-state index >= 15 is 0 Å². The number of rotatable bonds is 38. The van der Waals surface area contributed by atoms with Crippen LogP contribution >= 0.6 is 0 Å². The zero-order chi connectivity index (χ0) is 41.4. The Morgan fingerprint density at radius 2 is 1.07 bits per heavy atom. The topological polar surface area (TPSA) is 99.1 Å². The van der Waals surface area contributed by atoms with Crippen molar-refractivity contribution in [3.8, 4) is 0 Å². The molecule has 0 spiro atoms. The highest BCUT2D eigenvalue weighted by molar-refractivity contribution is 5.72. The van der Waals surface area contributed by atoms with Crippen LogP contribution in [0.25, 0.3) is 0 Å². The third kappa shape index (κ3) is 36.4. The van der Waals surface area contributed by atoms with Gasteiger partial charge >= 0.3 is 17.9 Å². The Morgan fingerprint density at radius 3 is 1.62 bits per heavy atom. The zero-order valence-corrected chi connectivity index (χ0v) is 36.3. The summed E-state index contributed by atoms with van der Waals surface area (Å²) in [6.45, 7) is 4.54. The molecule has 0 aliphatic rings. The molecule has 56 heavy (non-hydrogen) atoms. The van der Waals surface area contributed by atoms with E-state index in [-0.39, 0.29) is 36.2 Å². The average Bonchev–Trinajstić information content (AvgIpc) is 3.15. The van der Waals surface area contributed by atoms with Gasteiger partial charge in [0.05, 0.1) is 34.4 Å². The Labute approximate surface area is 342 Å². The molecule has 0 bridgehead atoms. The van der Waals surface area contributed by atoms with E-state index in [0.29, 0.717) is 19.3 Å². The van der Waals surface area contributed by atoms with Gasteiger partial charge in [-0.05, 0) is 70.6 Å². The molecule has 0 rings (SSSR count). The lowest BCUT2D eigenvalue weighted by Crippen LogP contribution is -2.50. The molecule has 0 aliphatic heterocycles. The van der Waals surface area contributed by atoms with E-state index in [2.05, 4.69) is 86.8 Å². The molecule has 0 aromatic rings. The van der Waals surface area contributed by atoms with E-state index < -0.39 is 18.1 Å². The van der Waals surface area contributed by atoms with Crippen LogP contribution in [0.5, 0.6) is 0 Å². The van der Waals surface area contributed by atoms with Crippen LogP contribution in [0, 0.1) is 0 Å². The van der Waals surface area contributed by atoms with Gasteiger partial charge in [-0.1, -0.05) is 145 Å². The summed E-state index contributed by atoms with van der Waals surface area (Å²) in [5.41, 5.74) is 0. The van der Waals surface area contributed by atoms with Crippen molar-refractivity contribution in [3.05, 3.63) is 72.9 Å². The molecular formula is C48H82NO7+. The number of unbranched alkanes of at least 4 members (excludes halogenated alkanes) is 14. The number of aliphatic carboxylic acids is 1. The summed E-state index contributed by atoms with van der Waals surface area (Å²) in [5, 5.41) is 9.62. The fraction of sp³-hybridized carbons (Fsp3) is 0.688. The fourth-order valence-corrected chi connectivity index (χ4v) is 5.99. The summed E-state index contributed by atoms with van der Waals surface area (Å²) in [7, 11) is 5.50. The first-order valence-electron chi connectivity index (χ1n) is 22.0. The molecule has 2 unspecified atom stereocenters. The van der Waals surface area contributed by atoms with Gasteiger partial charge in [-0.15, -0.1) is 0 Å². The number of carbonyl (C=O) groups is 3. The molecule has 320 valence electrons. The molecule has 8 nitrogen and oxygen atoms in total. The first kappa shape index (κ1) is 52.8. The minimum absolute atomic E-state index is 0.0415. The van der Waals surface area contributed by atoms with Crippen molar-refractivity contribution in [1.82, 2.24) is 0 Å². The minimum Gasteiger partial charge on any atom is -0.477 e. The van der Waals surface area contributed by atoms with Crippen LogP contribution in [-0.4, -0.2) is 80.6 Å². The number of carbonyl (C=O) groups excluding carboxylic acids is 2. The van der Waals surface area contributed by atoms with Crippen LogP contribution in [0.4, 0.5) is 0 Å². The maximum atomic E-state index is 12.7. The lowest BCUT2D eigenvalue weighted by molar-refractivity contribution is -0.887. The number of quaternary nitrogens is 1. The van der Waals surface area contributed by atoms with Crippen molar-refractivity contribution < 1.29 is 38.2 Å². The Bertz CT molecular complexity index is 1140. The lowest BCUT2D eigenvalue weighted by Gasteiger charge is -2.31. The van der Waals surface area contributed by atoms with Crippen LogP contribution in [0.1, 0.15) is 162 Å². The van der Waals surface area contributed by atoms with Gasteiger partial charge in [0, 0.05) is 19.3 Å². The highest BCUT2D eigenvalue weighted by Crippen LogP contribution is 2.13. The van der Waals surface area contributed by atoms with Gasteiger partial charge in [-0.3, -0.25) is 9.59 Å². The second-order valence-electron chi connectivity index (χ2n) is 15.6. The van der Waals surface area contributed by atoms with Gasteiger partial charge < -0.3 is 23.8 Å². The van der Waals surface area contributed by atoms with Crippen molar-refractivity contribution in [2.24, 2.45) is 0 Å². The van der Waals surface area contributed by atoms with Gasteiger partial charge in [-0.25, -0.2) is 4.79 Å². The summed E-state index contributed by atoms with van der Waals surface area (Å²) in [6.07, 6.45) is 48.0. The summed E-state index contributed by atoms with van der Waals surface area (Å²) in [6, 6.07) is -0.625. The normalized spacial score (nSPS) is 13.7. The van der Waals surface area contributed by atoms with Crippen molar-refractivity contribution in [3.63, 3.8) is 0 Å². The second-order valence-corrected chi connectivity index (χ2v) is 15.6. The van der Waals surface area contributed by atoms with E-state index in [4.69, 9.17) is 14.2 Å². The Kier molecular flexibility index (Phi) is 36.4. The monoisotopic (exact) mass is 785 g/mol. The molecule has 0 saturated carbocycles. The SMILES string of the molecule is CC/C=C/C/C=C/C/C=C/CCCCCCC(=O)OCC(COCCC(C(=O)O)[N+](C)(C)C)OC(=O)CCCCCCC/C=C/C=C/C=C/CCCCCCC. The molecule has 0 aliphatic carbocycles. The van der Waals surface area contributed by atoms with E-state index in [1.807, 2.05) is 21.1 Å². The summed E-state index contributed by atoms with van der Waals surface area (Å²) < 4.78 is 17.2. The number of hydrogen-bond donors (Lipinski definition) is 1. The first-order chi connectivity index (χ1) is 27.1. The van der Waals surface area contributed by atoms with Crippen LogP contribution in [0.3, 0.4) is 0 Å². The lowest BCUT2D eigenvalue weighted by atomic mass is 10.1. The number of nitrogens with zero attached hydrogens (tertiary/aromatic N) is 1. The molecule has 0 aromatic carbocycles. The van der Waals surface area contributed by atoms with Crippen LogP contribution in [0.15, 0.2) is 72.9 Å². The van der Waals surface area contributed by atoms with Gasteiger partial charge in [0.25, 0.3) is 0 Å². The first-order valence-corrected chi connectivity index (χ1v) is 22.0. The number of hydrogen-bond acceptors (Lipinski definition) is 6. The van der Waals surface area contributed by atoms with Crippen molar-refractivity contribution in [1.29, 1.82) is 0 Å². The van der Waals surface area contributed by atoms with E-state index in [9.17, 15) is 19.5 Å². The standard InChI is InChI=1S/C48H81NO7/c1-6-8-10-12-14-16-18-20-22-23-24-25-27-29-31-33-35-37-39-47(51)56-44(42-54-41-40-45(48(52)53)49(3,4)5)43-55-46(50)38-36-34-32-30-28-26-21-19-17-15-13-11-9-7-2/h9,11,15,17-18,20-26,44-45H,6-8,10,12-14,16,19,27-43H2,1-5H3/p+1/b11-9+,17-15+,20-18+,23-22+,25-24+,26-21+. The number of carboxylic acid groups (broad SMARTS) is 1. The fourth-order valence-electron chi connectivity index (χ4n) is 5.99. The predicted molar refractivity (Wildman–Crippen MR) is 233 cm³/mol. The maximum Gasteiger partial charge on any atom is 0.362 e.